The van der Waals surface area contributed by atoms with Crippen LogP contribution in [-0.2, 0) is 10.0 Å². The lowest BCUT2D eigenvalue weighted by atomic mass is 10.1. The van der Waals surface area contributed by atoms with E-state index < -0.39 is 32.2 Å². The predicted molar refractivity (Wildman–Crippen MR) is 107 cm³/mol. The molecule has 1 aliphatic carbocycles. The first-order valence-electron chi connectivity index (χ1n) is 8.74. The summed E-state index contributed by atoms with van der Waals surface area (Å²) in [4.78, 5) is 22.7. The van der Waals surface area contributed by atoms with Gasteiger partial charge in [0, 0.05) is 29.5 Å². The molecule has 30 heavy (non-hydrogen) atoms. The van der Waals surface area contributed by atoms with Gasteiger partial charge in [-0.3, -0.25) is 14.9 Å². The number of hydrogen-bond acceptors (Lipinski definition) is 6. The normalized spacial score (nSPS) is 14.1. The molecule has 0 saturated heterocycles. The van der Waals surface area contributed by atoms with Gasteiger partial charge in [0.2, 0.25) is 10.0 Å². The summed E-state index contributed by atoms with van der Waals surface area (Å²) in [6, 6.07) is 6.23. The van der Waals surface area contributed by atoms with E-state index in [-0.39, 0.29) is 22.3 Å². The zero-order valence-electron chi connectivity index (χ0n) is 15.4. The highest BCUT2D eigenvalue weighted by molar-refractivity contribution is 7.89. The van der Waals surface area contributed by atoms with Gasteiger partial charge in [-0.15, -0.1) is 0 Å². The largest absolute Gasteiger partial charge is 0.270 e. The summed E-state index contributed by atoms with van der Waals surface area (Å²) in [5, 5.41) is 16.2. The van der Waals surface area contributed by atoms with E-state index >= 15 is 0 Å². The standard InChI is InChI=1S/C18H14ClFN4O5S/c1-30(28,29)22-18(25)11-7-13(19)16(8-14(11)20)23-15-5-4-10(24(26)27)6-12(15)17(21-23)9-2-3-9/h4-9H,2-3H2,1H3,(H,22,25). The number of amides is 1. The van der Waals surface area contributed by atoms with E-state index in [4.69, 9.17) is 11.6 Å². The molecule has 0 radical (unpaired) electrons. The minimum absolute atomic E-state index is 0.0415. The number of carbonyl (C=O) groups is 1. The van der Waals surface area contributed by atoms with Crippen molar-refractivity contribution in [3.63, 3.8) is 0 Å². The first-order valence-corrected chi connectivity index (χ1v) is 11.0. The quantitative estimate of drug-likeness (QED) is 0.468. The van der Waals surface area contributed by atoms with Crippen LogP contribution in [0.5, 0.6) is 0 Å². The van der Waals surface area contributed by atoms with Crippen molar-refractivity contribution in [2.45, 2.75) is 18.8 Å². The first kappa shape index (κ1) is 20.2. The van der Waals surface area contributed by atoms with Crippen LogP contribution in [0.2, 0.25) is 5.02 Å². The van der Waals surface area contributed by atoms with Crippen molar-refractivity contribution in [2.24, 2.45) is 0 Å². The summed E-state index contributed by atoms with van der Waals surface area (Å²) in [6.45, 7) is 0. The fourth-order valence-corrected chi connectivity index (χ4v) is 3.87. The molecule has 12 heteroatoms. The average molecular weight is 453 g/mol. The lowest BCUT2D eigenvalue weighted by Crippen LogP contribution is -2.30. The molecule has 1 N–H and O–H groups in total. The predicted octanol–water partition coefficient (Wildman–Crippen LogP) is 3.29. The smallest absolute Gasteiger partial charge is 0.268 e. The molecule has 9 nitrogen and oxygen atoms in total. The molecule has 0 spiro atoms. The Hall–Kier alpha value is -3.05. The Morgan fingerprint density at radius 1 is 1.33 bits per heavy atom. The van der Waals surface area contributed by atoms with E-state index in [1.807, 2.05) is 0 Å². The van der Waals surface area contributed by atoms with Crippen LogP contribution in [0.1, 0.15) is 34.8 Å². The maximum atomic E-state index is 14.6. The van der Waals surface area contributed by atoms with E-state index in [0.717, 1.165) is 31.2 Å². The third-order valence-electron chi connectivity index (χ3n) is 4.65. The second kappa shape index (κ2) is 7.03. The van der Waals surface area contributed by atoms with Crippen LogP contribution in [0.25, 0.3) is 16.6 Å². The summed E-state index contributed by atoms with van der Waals surface area (Å²) in [7, 11) is -3.88. The zero-order chi connectivity index (χ0) is 21.8. The Kier molecular flexibility index (Phi) is 4.74. The molecule has 1 amide bonds. The molecule has 1 fully saturated rings. The lowest BCUT2D eigenvalue weighted by Gasteiger charge is -2.10. The molecule has 0 bridgehead atoms. The Bertz CT molecular complexity index is 1330. The monoisotopic (exact) mass is 452 g/mol. The van der Waals surface area contributed by atoms with Crippen LogP contribution in [0.3, 0.4) is 0 Å². The van der Waals surface area contributed by atoms with Crippen molar-refractivity contribution in [3.05, 3.63) is 62.5 Å². The van der Waals surface area contributed by atoms with Gasteiger partial charge in [0.05, 0.1) is 38.7 Å². The zero-order valence-corrected chi connectivity index (χ0v) is 17.0. The van der Waals surface area contributed by atoms with Crippen molar-refractivity contribution in [3.8, 4) is 5.69 Å². The number of carbonyl (C=O) groups excluding carboxylic acids is 1. The van der Waals surface area contributed by atoms with Crippen molar-refractivity contribution in [1.82, 2.24) is 14.5 Å². The molecule has 1 aromatic heterocycles. The topological polar surface area (TPSA) is 124 Å². The number of nitro groups is 1. The molecule has 0 atom stereocenters. The summed E-state index contributed by atoms with van der Waals surface area (Å²) in [6.07, 6.45) is 2.55. The maximum absolute atomic E-state index is 14.6. The van der Waals surface area contributed by atoms with E-state index in [2.05, 4.69) is 5.10 Å². The number of hydrogen-bond donors (Lipinski definition) is 1. The Balaban J connectivity index is 1.85. The van der Waals surface area contributed by atoms with Crippen molar-refractivity contribution in [2.75, 3.05) is 6.26 Å². The van der Waals surface area contributed by atoms with Gasteiger partial charge < -0.3 is 0 Å². The van der Waals surface area contributed by atoms with Crippen LogP contribution < -0.4 is 4.72 Å². The minimum atomic E-state index is -3.88. The molecule has 1 saturated carbocycles. The summed E-state index contributed by atoms with van der Waals surface area (Å²) in [5.74, 6) is -1.99. The molecule has 2 aromatic carbocycles. The third kappa shape index (κ3) is 3.73. The molecule has 0 unspecified atom stereocenters. The molecule has 3 aromatic rings. The van der Waals surface area contributed by atoms with Gasteiger partial charge in [-0.05, 0) is 25.0 Å². The maximum Gasteiger partial charge on any atom is 0.270 e. The van der Waals surface area contributed by atoms with Gasteiger partial charge in [-0.1, -0.05) is 11.6 Å². The van der Waals surface area contributed by atoms with Gasteiger partial charge in [-0.25, -0.2) is 22.2 Å². The number of fused-ring (bicyclic) bond motifs is 1. The Morgan fingerprint density at radius 3 is 2.63 bits per heavy atom. The van der Waals surface area contributed by atoms with Crippen molar-refractivity contribution >= 4 is 44.1 Å². The number of halogens is 2. The van der Waals surface area contributed by atoms with E-state index in [1.165, 1.54) is 22.9 Å². The van der Waals surface area contributed by atoms with Crippen LogP contribution in [0.4, 0.5) is 10.1 Å². The third-order valence-corrected chi connectivity index (χ3v) is 5.51. The van der Waals surface area contributed by atoms with E-state index in [0.29, 0.717) is 16.6 Å². The number of nitro benzene ring substituents is 1. The fraction of sp³-hybridized carbons (Fsp3) is 0.222. The highest BCUT2D eigenvalue weighted by Crippen LogP contribution is 2.44. The van der Waals surface area contributed by atoms with Crippen molar-refractivity contribution < 1.29 is 22.5 Å². The van der Waals surface area contributed by atoms with Crippen LogP contribution in [0.15, 0.2) is 30.3 Å². The number of non-ortho nitro benzene ring substituents is 1. The number of rotatable bonds is 5. The Morgan fingerprint density at radius 2 is 2.03 bits per heavy atom. The highest BCUT2D eigenvalue weighted by Gasteiger charge is 2.31. The average Bonchev–Trinajstić information content (AvgIpc) is 3.42. The SMILES string of the molecule is CS(=O)(=O)NC(=O)c1cc(Cl)c(-n2nc(C3CC3)c3cc([N+](=O)[O-])ccc32)cc1F. The van der Waals surface area contributed by atoms with Gasteiger partial charge >= 0.3 is 0 Å². The number of aromatic nitrogens is 2. The van der Waals surface area contributed by atoms with E-state index in [1.54, 1.807) is 4.72 Å². The molecular formula is C18H14ClFN4O5S. The molecule has 4 rings (SSSR count). The number of nitrogens with one attached hydrogen (secondary N) is 1. The summed E-state index contributed by atoms with van der Waals surface area (Å²) >= 11 is 6.27. The second-order valence-corrected chi connectivity index (χ2v) is 9.17. The van der Waals surface area contributed by atoms with Crippen LogP contribution >= 0.6 is 11.6 Å². The number of benzene rings is 2. The molecule has 1 heterocycles. The Labute approximate surface area is 174 Å². The molecule has 1 aliphatic rings. The van der Waals surface area contributed by atoms with Gasteiger partial charge in [0.1, 0.15) is 5.82 Å². The lowest BCUT2D eigenvalue weighted by molar-refractivity contribution is -0.384. The van der Waals surface area contributed by atoms with Crippen LogP contribution in [0, 0.1) is 15.9 Å². The second-order valence-electron chi connectivity index (χ2n) is 7.02. The minimum Gasteiger partial charge on any atom is -0.268 e. The molecule has 156 valence electrons. The number of nitrogens with zero attached hydrogens (tertiary/aromatic N) is 3. The van der Waals surface area contributed by atoms with Crippen molar-refractivity contribution in [1.29, 1.82) is 0 Å². The van der Waals surface area contributed by atoms with Gasteiger partial charge in [0.15, 0.2) is 0 Å². The fourth-order valence-electron chi connectivity index (χ4n) is 3.18. The highest BCUT2D eigenvalue weighted by atomic mass is 35.5. The number of sulfonamides is 1. The first-order chi connectivity index (χ1) is 14.0. The van der Waals surface area contributed by atoms with Gasteiger partial charge in [0.25, 0.3) is 11.6 Å². The van der Waals surface area contributed by atoms with Gasteiger partial charge in [-0.2, -0.15) is 5.10 Å². The van der Waals surface area contributed by atoms with Crippen LogP contribution in [-0.4, -0.2) is 35.3 Å². The van der Waals surface area contributed by atoms with E-state index in [9.17, 15) is 27.7 Å². The summed E-state index contributed by atoms with van der Waals surface area (Å²) < 4.78 is 40.2. The summed E-state index contributed by atoms with van der Waals surface area (Å²) in [5.41, 5.74) is 0.648. The molecule has 0 aliphatic heterocycles. The molecular weight excluding hydrogens is 439 g/mol.